The zero-order valence-corrected chi connectivity index (χ0v) is 28.0. The number of carbonyl (C=O) groups excluding carboxylic acids is 3. The van der Waals surface area contributed by atoms with Crippen molar-refractivity contribution in [3.05, 3.63) is 59.8 Å². The minimum atomic E-state index is -1.57. The molecule has 264 valence electrons. The van der Waals surface area contributed by atoms with Crippen LogP contribution >= 0.6 is 11.8 Å². The van der Waals surface area contributed by atoms with Gasteiger partial charge in [0.1, 0.15) is 41.0 Å². The summed E-state index contributed by atoms with van der Waals surface area (Å²) in [6.07, 6.45) is 2.86. The van der Waals surface area contributed by atoms with Crippen LogP contribution in [-0.4, -0.2) is 78.1 Å². The largest absolute Gasteiger partial charge is 0.493 e. The highest BCUT2D eigenvalue weighted by molar-refractivity contribution is 7.97. The van der Waals surface area contributed by atoms with Crippen molar-refractivity contribution in [2.75, 3.05) is 44.5 Å². The second-order valence-corrected chi connectivity index (χ2v) is 11.6. The number of amides is 3. The average Bonchev–Trinajstić information content (AvgIpc) is 3.06. The number of halogens is 2. The number of fused-ring (bicyclic) bond motifs is 6. The molecule has 4 bridgehead atoms. The van der Waals surface area contributed by atoms with E-state index in [2.05, 4.69) is 30.7 Å². The van der Waals surface area contributed by atoms with Gasteiger partial charge in [-0.3, -0.25) is 14.4 Å². The molecule has 1 unspecified atom stereocenters. The van der Waals surface area contributed by atoms with Crippen molar-refractivity contribution in [3.8, 4) is 22.8 Å². The summed E-state index contributed by atoms with van der Waals surface area (Å²) in [5.74, 6) is -0.960. The summed E-state index contributed by atoms with van der Waals surface area (Å²) in [4.78, 5) is 52.8. The van der Waals surface area contributed by atoms with E-state index < -0.39 is 40.9 Å². The first-order valence-corrected chi connectivity index (χ1v) is 16.4. The number of carboxylic acids is 1. The van der Waals surface area contributed by atoms with Crippen molar-refractivity contribution in [1.29, 1.82) is 0 Å². The number of aromatic nitrogens is 2. The lowest BCUT2D eigenvalue weighted by Gasteiger charge is -2.21. The molecule has 0 saturated carbocycles. The molecule has 0 saturated heterocycles. The summed E-state index contributed by atoms with van der Waals surface area (Å²) in [6, 6.07) is 9.40. The van der Waals surface area contributed by atoms with Crippen LogP contribution in [0.2, 0.25) is 0 Å². The lowest BCUT2D eigenvalue weighted by molar-refractivity contribution is -0.155. The summed E-state index contributed by atoms with van der Waals surface area (Å²) in [5, 5.41) is 16.7. The second-order valence-electron chi connectivity index (χ2n) is 10.7. The molecular weight excluding hydrogens is 666 g/mol. The van der Waals surface area contributed by atoms with Crippen LogP contribution in [0.4, 0.5) is 25.2 Å². The molecule has 0 radical (unpaired) electrons. The molecule has 49 heavy (non-hydrogen) atoms. The first kappa shape index (κ1) is 38.3. The number of hydrogen-bond acceptors (Lipinski definition) is 11. The molecule has 2 aromatic heterocycles. The molecule has 1 atom stereocenters. The number of pyridine rings is 2. The monoisotopic (exact) mass is 704 g/mol. The number of aliphatic carboxylic acids is 1. The molecule has 1 aliphatic heterocycles. The Hall–Kier alpha value is -5.19. The zero-order chi connectivity index (χ0) is 36.0. The highest BCUT2D eigenvalue weighted by Crippen LogP contribution is 2.34. The Balaban J connectivity index is 0.000000288. The Morgan fingerprint density at radius 3 is 2.53 bits per heavy atom. The first-order chi connectivity index (χ1) is 23.4. The van der Waals surface area contributed by atoms with Crippen LogP contribution < -0.4 is 31.2 Å². The fraction of sp³-hybridized carbons (Fsp3) is 0.375. The quantitative estimate of drug-likeness (QED) is 0.150. The van der Waals surface area contributed by atoms with Gasteiger partial charge in [0.25, 0.3) is 0 Å². The average molecular weight is 705 g/mol. The van der Waals surface area contributed by atoms with E-state index in [-0.39, 0.29) is 37.4 Å². The SMILES string of the molecule is CCC(C)(C(=O)O)C(=O)NCC(=O)NCCOC(N)=O.CSCc1cc2nc(c1)OCCCOc1cc(F)ccc1-c1cc(ncc1F)N2. The maximum atomic E-state index is 14.6. The molecular formula is C32H38F2N6O8S. The third-order valence-corrected chi connectivity index (χ3v) is 7.69. The Labute approximate surface area is 285 Å². The number of carbonyl (C=O) groups is 4. The van der Waals surface area contributed by atoms with Crippen molar-refractivity contribution in [2.24, 2.45) is 11.1 Å². The first-order valence-electron chi connectivity index (χ1n) is 15.0. The standard InChI is InChI=1S/C21H19F2N3O2S.C11H19N3O6/c1-29-12-13-7-20-25-19-10-16(17(23)11-24-19)15-4-3-14(22)9-18(15)27-5-2-6-28-21(8-13)26-20;1-3-11(2,9(17)18)8(16)14-6-7(15)13-4-5-20-10(12)19/h3-4,7-11H,2,5-6,12H2,1H3,(H,24,25,26);3-6H2,1-2H3,(H2,12,19)(H,13,15)(H,14,16)(H,17,18). The van der Waals surface area contributed by atoms with Gasteiger partial charge in [-0.2, -0.15) is 16.7 Å². The molecule has 1 aliphatic rings. The summed E-state index contributed by atoms with van der Waals surface area (Å²) in [7, 11) is 0. The lowest BCUT2D eigenvalue weighted by atomic mass is 9.87. The maximum Gasteiger partial charge on any atom is 0.404 e. The number of nitrogens with two attached hydrogens (primary N) is 1. The highest BCUT2D eigenvalue weighted by atomic mass is 32.2. The van der Waals surface area contributed by atoms with Gasteiger partial charge >= 0.3 is 12.1 Å². The number of thioether (sulfide) groups is 1. The van der Waals surface area contributed by atoms with Gasteiger partial charge in [0.2, 0.25) is 17.7 Å². The topological polar surface area (TPSA) is 204 Å². The number of hydrogen-bond donors (Lipinski definition) is 5. The molecule has 6 N–H and O–H groups in total. The lowest BCUT2D eigenvalue weighted by Crippen LogP contribution is -2.47. The van der Waals surface area contributed by atoms with Crippen LogP contribution in [-0.2, 0) is 24.9 Å². The molecule has 3 aromatic rings. The van der Waals surface area contributed by atoms with E-state index in [9.17, 15) is 28.0 Å². The van der Waals surface area contributed by atoms with Gasteiger partial charge in [-0.05, 0) is 49.4 Å². The molecule has 0 fully saturated rings. The van der Waals surface area contributed by atoms with Crippen molar-refractivity contribution in [3.63, 3.8) is 0 Å². The Morgan fingerprint density at radius 2 is 1.84 bits per heavy atom. The number of nitrogens with one attached hydrogen (secondary N) is 3. The minimum Gasteiger partial charge on any atom is -0.493 e. The minimum absolute atomic E-state index is 0.0433. The van der Waals surface area contributed by atoms with Gasteiger partial charge in [-0.25, -0.2) is 18.6 Å². The molecule has 4 rings (SSSR count). The van der Waals surface area contributed by atoms with Gasteiger partial charge in [0.15, 0.2) is 0 Å². The Morgan fingerprint density at radius 1 is 1.08 bits per heavy atom. The van der Waals surface area contributed by atoms with Gasteiger partial charge < -0.3 is 41.0 Å². The number of primary amides is 1. The summed E-state index contributed by atoms with van der Waals surface area (Å²) >= 11 is 1.69. The summed E-state index contributed by atoms with van der Waals surface area (Å²) < 4.78 is 44.2. The van der Waals surface area contributed by atoms with E-state index in [1.807, 2.05) is 18.4 Å². The number of nitrogens with zero attached hydrogens (tertiary/aromatic N) is 2. The number of rotatable bonds is 10. The fourth-order valence-electron chi connectivity index (χ4n) is 4.22. The number of anilines is 2. The van der Waals surface area contributed by atoms with E-state index in [0.717, 1.165) is 17.5 Å². The number of ether oxygens (including phenoxy) is 3. The van der Waals surface area contributed by atoms with Gasteiger partial charge in [-0.1, -0.05) is 6.92 Å². The van der Waals surface area contributed by atoms with E-state index in [1.165, 1.54) is 25.1 Å². The van der Waals surface area contributed by atoms with E-state index >= 15 is 0 Å². The zero-order valence-electron chi connectivity index (χ0n) is 27.1. The second kappa shape index (κ2) is 18.4. The smallest absolute Gasteiger partial charge is 0.404 e. The van der Waals surface area contributed by atoms with E-state index in [4.69, 9.17) is 20.3 Å². The van der Waals surface area contributed by atoms with Crippen LogP contribution in [0.5, 0.6) is 11.6 Å². The predicted molar refractivity (Wildman–Crippen MR) is 178 cm³/mol. The van der Waals surface area contributed by atoms with Crippen LogP contribution in [0.25, 0.3) is 11.1 Å². The summed E-state index contributed by atoms with van der Waals surface area (Å²) in [5.41, 5.74) is 4.92. The number of carboxylic acid groups (broad SMARTS) is 1. The Kier molecular flexibility index (Phi) is 14.4. The predicted octanol–water partition coefficient (Wildman–Crippen LogP) is 4.00. The number of benzene rings is 1. The van der Waals surface area contributed by atoms with Crippen LogP contribution in [0.15, 0.2) is 42.6 Å². The van der Waals surface area contributed by atoms with Crippen molar-refractivity contribution in [2.45, 2.75) is 32.4 Å². The molecule has 14 nitrogen and oxygen atoms in total. The normalized spacial score (nSPS) is 13.2. The third kappa shape index (κ3) is 11.5. The van der Waals surface area contributed by atoms with E-state index in [0.29, 0.717) is 42.7 Å². The third-order valence-electron chi connectivity index (χ3n) is 7.07. The fourth-order valence-corrected chi connectivity index (χ4v) is 4.72. The molecule has 3 heterocycles. The molecule has 17 heteroatoms. The van der Waals surface area contributed by atoms with Crippen LogP contribution in [0.1, 0.15) is 32.3 Å². The molecule has 1 aromatic carbocycles. The maximum absolute atomic E-state index is 14.6. The van der Waals surface area contributed by atoms with Gasteiger partial charge in [0.05, 0.1) is 32.5 Å². The summed E-state index contributed by atoms with van der Waals surface area (Å²) in [6.45, 7) is 3.12. The van der Waals surface area contributed by atoms with Gasteiger partial charge in [-0.15, -0.1) is 0 Å². The molecule has 0 aliphatic carbocycles. The van der Waals surface area contributed by atoms with Crippen molar-refractivity contribution < 1.29 is 47.3 Å². The van der Waals surface area contributed by atoms with E-state index in [1.54, 1.807) is 24.8 Å². The van der Waals surface area contributed by atoms with Crippen LogP contribution in [0, 0.1) is 17.0 Å². The van der Waals surface area contributed by atoms with Gasteiger partial charge in [0, 0.05) is 35.4 Å². The Bertz CT molecular complexity index is 1650. The highest BCUT2D eigenvalue weighted by Gasteiger charge is 2.39. The van der Waals surface area contributed by atoms with Crippen molar-refractivity contribution >= 4 is 47.3 Å². The molecule has 0 spiro atoms. The molecule has 3 amide bonds. The van der Waals surface area contributed by atoms with Crippen molar-refractivity contribution in [1.82, 2.24) is 20.6 Å². The van der Waals surface area contributed by atoms with Crippen LogP contribution in [0.3, 0.4) is 0 Å².